The summed E-state index contributed by atoms with van der Waals surface area (Å²) in [6.45, 7) is 7.72. The first kappa shape index (κ1) is 20.9. The molecule has 31 heavy (non-hydrogen) atoms. The van der Waals surface area contributed by atoms with Crippen LogP contribution in [0.25, 0.3) is 21.3 Å². The minimum absolute atomic E-state index is 0.101. The number of likely N-dealkylation sites (N-methyl/N-ethyl adjacent to an activating group) is 1. The lowest BCUT2D eigenvalue weighted by Gasteiger charge is -2.17. The van der Waals surface area contributed by atoms with Gasteiger partial charge < -0.3 is 4.74 Å². The Kier molecular flexibility index (Phi) is 5.69. The average molecular weight is 438 g/mol. The van der Waals surface area contributed by atoms with Crippen molar-refractivity contribution in [2.45, 2.75) is 33.7 Å². The number of pyridine rings is 1. The summed E-state index contributed by atoms with van der Waals surface area (Å²) in [4.78, 5) is 36.2. The van der Waals surface area contributed by atoms with Crippen LogP contribution in [-0.4, -0.2) is 44.8 Å². The molecule has 1 aromatic carbocycles. The number of rotatable bonds is 6. The monoisotopic (exact) mass is 437 g/mol. The molecule has 1 amide bonds. The maximum absolute atomic E-state index is 12.8. The second-order valence-corrected chi connectivity index (χ2v) is 8.42. The minimum Gasteiger partial charge on any atom is -0.452 e. The van der Waals surface area contributed by atoms with E-state index in [9.17, 15) is 9.59 Å². The maximum Gasteiger partial charge on any atom is 0.339 e. The van der Waals surface area contributed by atoms with E-state index in [0.29, 0.717) is 34.0 Å². The summed E-state index contributed by atoms with van der Waals surface area (Å²) in [6.07, 6.45) is 1.61. The third-order valence-corrected chi connectivity index (χ3v) is 5.92. The molecule has 0 bridgehead atoms. The SMILES string of the molecule is CCN(C(=O)COC(=O)c1cc(C)nc2c1cnn2C(C)C)c1nc2ccccc2s1. The highest BCUT2D eigenvalue weighted by molar-refractivity contribution is 7.22. The molecule has 0 saturated heterocycles. The molecular weight excluding hydrogens is 414 g/mol. The summed E-state index contributed by atoms with van der Waals surface area (Å²) in [7, 11) is 0. The lowest BCUT2D eigenvalue weighted by molar-refractivity contribution is -0.121. The molecule has 4 aromatic rings. The van der Waals surface area contributed by atoms with Crippen molar-refractivity contribution >= 4 is 49.6 Å². The van der Waals surface area contributed by atoms with Gasteiger partial charge in [0, 0.05) is 18.3 Å². The van der Waals surface area contributed by atoms with Gasteiger partial charge in [0.1, 0.15) is 0 Å². The number of hydrogen-bond acceptors (Lipinski definition) is 7. The summed E-state index contributed by atoms with van der Waals surface area (Å²) >= 11 is 1.43. The Labute approximate surface area is 183 Å². The first-order chi connectivity index (χ1) is 14.9. The van der Waals surface area contributed by atoms with Crippen LogP contribution in [0.15, 0.2) is 36.5 Å². The van der Waals surface area contributed by atoms with Gasteiger partial charge in [0.05, 0.1) is 27.4 Å². The Morgan fingerprint density at radius 2 is 2.00 bits per heavy atom. The normalized spacial score (nSPS) is 11.4. The number of aryl methyl sites for hydroxylation is 1. The molecule has 8 nitrogen and oxygen atoms in total. The van der Waals surface area contributed by atoms with Crippen LogP contribution >= 0.6 is 11.3 Å². The molecule has 3 aromatic heterocycles. The summed E-state index contributed by atoms with van der Waals surface area (Å²) in [5.41, 5.74) is 2.49. The van der Waals surface area contributed by atoms with Crippen LogP contribution in [0.4, 0.5) is 5.13 Å². The van der Waals surface area contributed by atoms with E-state index in [2.05, 4.69) is 15.1 Å². The second-order valence-electron chi connectivity index (χ2n) is 7.41. The number of aromatic nitrogens is 4. The fraction of sp³-hybridized carbons (Fsp3) is 0.318. The number of nitrogens with zero attached hydrogens (tertiary/aromatic N) is 5. The van der Waals surface area contributed by atoms with Crippen molar-refractivity contribution in [2.24, 2.45) is 0 Å². The molecular formula is C22H23N5O3S. The fourth-order valence-corrected chi connectivity index (χ4v) is 4.41. The molecule has 0 aliphatic heterocycles. The number of fused-ring (bicyclic) bond motifs is 2. The third kappa shape index (κ3) is 4.00. The van der Waals surface area contributed by atoms with E-state index in [0.717, 1.165) is 10.2 Å². The van der Waals surface area contributed by atoms with Crippen molar-refractivity contribution in [2.75, 3.05) is 18.1 Å². The highest BCUT2D eigenvalue weighted by Crippen LogP contribution is 2.28. The zero-order chi connectivity index (χ0) is 22.1. The molecule has 3 heterocycles. The van der Waals surface area contributed by atoms with Crippen LogP contribution in [0.3, 0.4) is 0 Å². The van der Waals surface area contributed by atoms with Crippen molar-refractivity contribution in [3.63, 3.8) is 0 Å². The largest absolute Gasteiger partial charge is 0.452 e. The summed E-state index contributed by atoms with van der Waals surface area (Å²) < 4.78 is 8.14. The predicted molar refractivity (Wildman–Crippen MR) is 121 cm³/mol. The van der Waals surface area contributed by atoms with Crippen LogP contribution in [0.1, 0.15) is 42.9 Å². The molecule has 0 aliphatic rings. The number of anilines is 1. The lowest BCUT2D eigenvalue weighted by atomic mass is 10.1. The zero-order valence-electron chi connectivity index (χ0n) is 17.8. The van der Waals surface area contributed by atoms with E-state index < -0.39 is 5.97 Å². The fourth-order valence-electron chi connectivity index (χ4n) is 3.37. The predicted octanol–water partition coefficient (Wildman–Crippen LogP) is 4.14. The van der Waals surface area contributed by atoms with Crippen LogP contribution in [0.5, 0.6) is 0 Å². The highest BCUT2D eigenvalue weighted by Gasteiger charge is 2.22. The summed E-state index contributed by atoms with van der Waals surface area (Å²) in [5.74, 6) is -0.901. The Morgan fingerprint density at radius 3 is 2.71 bits per heavy atom. The van der Waals surface area contributed by atoms with Gasteiger partial charge in [-0.2, -0.15) is 5.10 Å². The van der Waals surface area contributed by atoms with Gasteiger partial charge >= 0.3 is 5.97 Å². The number of esters is 1. The van der Waals surface area contributed by atoms with Crippen LogP contribution < -0.4 is 4.90 Å². The first-order valence-electron chi connectivity index (χ1n) is 10.1. The number of para-hydroxylation sites is 1. The van der Waals surface area contributed by atoms with Crippen LogP contribution in [-0.2, 0) is 9.53 Å². The molecule has 0 aliphatic carbocycles. The zero-order valence-corrected chi connectivity index (χ0v) is 18.6. The lowest BCUT2D eigenvalue weighted by Crippen LogP contribution is -2.34. The molecule has 0 spiro atoms. The van der Waals surface area contributed by atoms with E-state index in [1.807, 2.05) is 52.0 Å². The Bertz CT molecular complexity index is 1240. The number of ether oxygens (including phenoxy) is 1. The second kappa shape index (κ2) is 8.43. The van der Waals surface area contributed by atoms with E-state index >= 15 is 0 Å². The molecule has 0 atom stereocenters. The topological polar surface area (TPSA) is 90.2 Å². The molecule has 0 unspecified atom stereocenters. The quantitative estimate of drug-likeness (QED) is 0.421. The van der Waals surface area contributed by atoms with Crippen molar-refractivity contribution < 1.29 is 14.3 Å². The van der Waals surface area contributed by atoms with Gasteiger partial charge in [-0.15, -0.1) is 0 Å². The molecule has 0 N–H and O–H groups in total. The number of carbonyl (C=O) groups excluding carboxylic acids is 2. The molecule has 9 heteroatoms. The molecule has 4 rings (SSSR count). The maximum atomic E-state index is 12.8. The third-order valence-electron chi connectivity index (χ3n) is 4.86. The Morgan fingerprint density at radius 1 is 1.23 bits per heavy atom. The van der Waals surface area contributed by atoms with E-state index in [1.165, 1.54) is 16.2 Å². The van der Waals surface area contributed by atoms with Gasteiger partial charge in [0.15, 0.2) is 17.4 Å². The Hall–Kier alpha value is -3.33. The van der Waals surface area contributed by atoms with Gasteiger partial charge in [0.25, 0.3) is 5.91 Å². The van der Waals surface area contributed by atoms with Gasteiger partial charge in [-0.3, -0.25) is 9.69 Å². The number of carbonyl (C=O) groups is 2. The summed E-state index contributed by atoms with van der Waals surface area (Å²) in [6, 6.07) is 9.47. The van der Waals surface area contributed by atoms with Crippen molar-refractivity contribution in [3.8, 4) is 0 Å². The molecule has 0 radical (unpaired) electrons. The van der Waals surface area contributed by atoms with Crippen LogP contribution in [0, 0.1) is 6.92 Å². The van der Waals surface area contributed by atoms with Gasteiger partial charge in [-0.25, -0.2) is 19.4 Å². The van der Waals surface area contributed by atoms with Crippen LogP contribution in [0.2, 0.25) is 0 Å². The number of thiazole rings is 1. The van der Waals surface area contributed by atoms with Crippen molar-refractivity contribution in [1.82, 2.24) is 19.7 Å². The van der Waals surface area contributed by atoms with Crippen molar-refractivity contribution in [1.29, 1.82) is 0 Å². The highest BCUT2D eigenvalue weighted by atomic mass is 32.1. The Balaban J connectivity index is 1.53. The molecule has 0 saturated carbocycles. The number of hydrogen-bond donors (Lipinski definition) is 0. The van der Waals surface area contributed by atoms with E-state index in [4.69, 9.17) is 4.74 Å². The molecule has 0 fully saturated rings. The van der Waals surface area contributed by atoms with E-state index in [1.54, 1.807) is 16.9 Å². The van der Waals surface area contributed by atoms with Gasteiger partial charge in [0.2, 0.25) is 0 Å². The van der Waals surface area contributed by atoms with E-state index in [-0.39, 0.29) is 18.6 Å². The van der Waals surface area contributed by atoms with Crippen molar-refractivity contribution in [3.05, 3.63) is 47.8 Å². The number of benzene rings is 1. The molecule has 160 valence electrons. The van der Waals surface area contributed by atoms with Gasteiger partial charge in [-0.05, 0) is 45.9 Å². The standard InChI is InChI=1S/C22H23N5O3S/c1-5-26(22-25-17-8-6-7-9-18(17)31-22)19(28)12-30-21(29)15-10-14(4)24-20-16(15)11-23-27(20)13(2)3/h6-11,13H,5,12H2,1-4H3. The number of amides is 1. The minimum atomic E-state index is -0.576. The smallest absolute Gasteiger partial charge is 0.339 e. The summed E-state index contributed by atoms with van der Waals surface area (Å²) in [5, 5.41) is 5.54. The average Bonchev–Trinajstić information content (AvgIpc) is 3.35. The van der Waals surface area contributed by atoms with Gasteiger partial charge in [-0.1, -0.05) is 23.5 Å². The first-order valence-corrected chi connectivity index (χ1v) is 10.9.